The zero-order valence-corrected chi connectivity index (χ0v) is 11.2. The molecule has 0 N–H and O–H groups in total. The van der Waals surface area contributed by atoms with Crippen LogP contribution in [-0.2, 0) is 0 Å². The van der Waals surface area contributed by atoms with E-state index in [2.05, 4.69) is 19.3 Å². The van der Waals surface area contributed by atoms with E-state index < -0.39 is 0 Å². The number of imidazole rings is 1. The number of hydrogen-bond donors (Lipinski definition) is 0. The number of nitrogens with zero attached hydrogens (tertiary/aromatic N) is 4. The molecule has 1 aliphatic heterocycles. The second-order valence-electron chi connectivity index (χ2n) is 5.92. The molecule has 4 heteroatoms. The van der Waals surface area contributed by atoms with Gasteiger partial charge in [0, 0.05) is 31.2 Å². The lowest BCUT2D eigenvalue weighted by atomic mass is 9.80. The van der Waals surface area contributed by atoms with E-state index in [1.54, 1.807) is 0 Å². The smallest absolute Gasteiger partial charge is 0.211 e. The third kappa shape index (κ3) is 1.90. The van der Waals surface area contributed by atoms with Gasteiger partial charge in [0.05, 0.1) is 0 Å². The molecule has 2 fully saturated rings. The van der Waals surface area contributed by atoms with Crippen LogP contribution in [0.3, 0.4) is 0 Å². The Bertz CT molecular complexity index is 572. The van der Waals surface area contributed by atoms with Crippen LogP contribution in [0, 0.1) is 5.92 Å². The van der Waals surface area contributed by atoms with Crippen molar-refractivity contribution in [3.63, 3.8) is 0 Å². The maximum absolute atomic E-state index is 4.61. The first kappa shape index (κ1) is 11.3. The van der Waals surface area contributed by atoms with Gasteiger partial charge in [0.2, 0.25) is 5.95 Å². The number of aromatic nitrogens is 3. The Morgan fingerprint density at radius 1 is 1.11 bits per heavy atom. The first-order valence-electron chi connectivity index (χ1n) is 7.46. The van der Waals surface area contributed by atoms with Gasteiger partial charge in [0.25, 0.3) is 0 Å². The predicted octanol–water partition coefficient (Wildman–Crippen LogP) is 2.89. The van der Waals surface area contributed by atoms with Crippen LogP contribution in [0.25, 0.3) is 5.65 Å². The minimum atomic E-state index is 0.686. The fourth-order valence-corrected chi connectivity index (χ4v) is 3.51. The molecule has 4 nitrogen and oxygen atoms in total. The van der Waals surface area contributed by atoms with Crippen molar-refractivity contribution in [1.29, 1.82) is 0 Å². The molecular formula is C15H20N4. The molecular weight excluding hydrogens is 236 g/mol. The molecule has 0 radical (unpaired) electrons. The Morgan fingerprint density at radius 3 is 2.89 bits per heavy atom. The lowest BCUT2D eigenvalue weighted by Gasteiger charge is -2.33. The van der Waals surface area contributed by atoms with Crippen LogP contribution in [0.5, 0.6) is 0 Å². The van der Waals surface area contributed by atoms with Crippen LogP contribution in [0.15, 0.2) is 24.7 Å². The molecule has 19 heavy (non-hydrogen) atoms. The van der Waals surface area contributed by atoms with Crippen molar-refractivity contribution in [1.82, 2.24) is 14.4 Å². The van der Waals surface area contributed by atoms with Gasteiger partial charge in [0.15, 0.2) is 0 Å². The van der Waals surface area contributed by atoms with Gasteiger partial charge < -0.3 is 4.90 Å². The molecule has 0 spiro atoms. The van der Waals surface area contributed by atoms with Crippen molar-refractivity contribution < 1.29 is 0 Å². The van der Waals surface area contributed by atoms with Gasteiger partial charge in [-0.15, -0.1) is 0 Å². The molecule has 2 aliphatic rings. The summed E-state index contributed by atoms with van der Waals surface area (Å²) in [5.41, 5.74) is 0.999. The zero-order chi connectivity index (χ0) is 12.7. The molecule has 0 amide bonds. The monoisotopic (exact) mass is 256 g/mol. The van der Waals surface area contributed by atoms with Gasteiger partial charge >= 0.3 is 0 Å². The number of fused-ring (bicyclic) bond motifs is 1. The van der Waals surface area contributed by atoms with E-state index in [9.17, 15) is 0 Å². The van der Waals surface area contributed by atoms with E-state index in [-0.39, 0.29) is 0 Å². The van der Waals surface area contributed by atoms with Gasteiger partial charge in [-0.05, 0) is 31.2 Å². The normalized spacial score (nSPS) is 24.0. The predicted molar refractivity (Wildman–Crippen MR) is 75.3 cm³/mol. The average molecular weight is 256 g/mol. The standard InChI is InChI=1S/C15H20N4/c1-3-12(4-1)11-13-5-2-9-18(13)15-17-7-6-14-16-8-10-19(14)15/h6-8,10,12-13H,1-5,9,11H2. The van der Waals surface area contributed by atoms with Gasteiger partial charge in [-0.25, -0.2) is 9.97 Å². The second kappa shape index (κ2) is 4.51. The largest absolute Gasteiger partial charge is 0.339 e. The summed E-state index contributed by atoms with van der Waals surface area (Å²) < 4.78 is 2.12. The summed E-state index contributed by atoms with van der Waals surface area (Å²) in [4.78, 5) is 11.5. The Kier molecular flexibility index (Phi) is 2.67. The summed E-state index contributed by atoms with van der Waals surface area (Å²) >= 11 is 0. The van der Waals surface area contributed by atoms with E-state index in [0.29, 0.717) is 6.04 Å². The zero-order valence-electron chi connectivity index (χ0n) is 11.2. The number of rotatable bonds is 3. The van der Waals surface area contributed by atoms with Crippen molar-refractivity contribution in [3.05, 3.63) is 24.7 Å². The number of anilines is 1. The first-order valence-corrected chi connectivity index (χ1v) is 7.46. The quantitative estimate of drug-likeness (QED) is 0.846. The van der Waals surface area contributed by atoms with E-state index in [0.717, 1.165) is 24.1 Å². The highest BCUT2D eigenvalue weighted by molar-refractivity contribution is 5.47. The molecule has 4 rings (SSSR count). The van der Waals surface area contributed by atoms with Gasteiger partial charge in [-0.3, -0.25) is 4.40 Å². The molecule has 1 saturated heterocycles. The Morgan fingerprint density at radius 2 is 2.05 bits per heavy atom. The van der Waals surface area contributed by atoms with Crippen molar-refractivity contribution in [2.75, 3.05) is 11.4 Å². The Hall–Kier alpha value is -1.58. The van der Waals surface area contributed by atoms with Gasteiger partial charge in [-0.1, -0.05) is 19.3 Å². The van der Waals surface area contributed by atoms with Crippen molar-refractivity contribution in [2.45, 2.75) is 44.6 Å². The van der Waals surface area contributed by atoms with E-state index >= 15 is 0 Å². The summed E-state index contributed by atoms with van der Waals surface area (Å²) in [5.74, 6) is 2.05. The molecule has 100 valence electrons. The lowest BCUT2D eigenvalue weighted by molar-refractivity contribution is 0.275. The highest BCUT2D eigenvalue weighted by Crippen LogP contribution is 2.35. The maximum Gasteiger partial charge on any atom is 0.211 e. The third-order valence-corrected chi connectivity index (χ3v) is 4.76. The van der Waals surface area contributed by atoms with Crippen molar-refractivity contribution in [3.8, 4) is 0 Å². The topological polar surface area (TPSA) is 33.4 Å². The average Bonchev–Trinajstić information content (AvgIpc) is 3.02. The molecule has 2 aromatic rings. The molecule has 1 unspecified atom stereocenters. The summed E-state index contributed by atoms with van der Waals surface area (Å²) in [5, 5.41) is 0. The van der Waals surface area contributed by atoms with E-state index in [1.165, 1.54) is 38.5 Å². The van der Waals surface area contributed by atoms with Crippen molar-refractivity contribution in [2.24, 2.45) is 5.92 Å². The molecule has 1 saturated carbocycles. The Balaban J connectivity index is 1.64. The second-order valence-corrected chi connectivity index (χ2v) is 5.92. The fourth-order valence-electron chi connectivity index (χ4n) is 3.51. The van der Waals surface area contributed by atoms with E-state index in [4.69, 9.17) is 0 Å². The third-order valence-electron chi connectivity index (χ3n) is 4.76. The van der Waals surface area contributed by atoms with Crippen LogP contribution in [0.4, 0.5) is 5.95 Å². The van der Waals surface area contributed by atoms with Gasteiger partial charge in [0.1, 0.15) is 5.65 Å². The van der Waals surface area contributed by atoms with Crippen LogP contribution >= 0.6 is 0 Å². The number of hydrogen-bond acceptors (Lipinski definition) is 3. The van der Waals surface area contributed by atoms with Crippen LogP contribution < -0.4 is 4.90 Å². The summed E-state index contributed by atoms with van der Waals surface area (Å²) in [6.45, 7) is 1.14. The van der Waals surface area contributed by atoms with Crippen LogP contribution in [0.1, 0.15) is 38.5 Å². The van der Waals surface area contributed by atoms with Crippen LogP contribution in [-0.4, -0.2) is 27.0 Å². The molecule has 1 atom stereocenters. The van der Waals surface area contributed by atoms with Crippen LogP contribution in [0.2, 0.25) is 0 Å². The Labute approximate surface area is 113 Å². The SMILES string of the molecule is c1cc2nccn2c(N2CCCC2CC2CCC2)n1. The minimum Gasteiger partial charge on any atom is -0.339 e. The lowest BCUT2D eigenvalue weighted by Crippen LogP contribution is -2.34. The minimum absolute atomic E-state index is 0.686. The maximum atomic E-state index is 4.61. The first-order chi connectivity index (χ1) is 9.42. The molecule has 3 heterocycles. The van der Waals surface area contributed by atoms with Crippen molar-refractivity contribution >= 4 is 11.6 Å². The van der Waals surface area contributed by atoms with E-state index in [1.807, 2.05) is 24.7 Å². The highest BCUT2D eigenvalue weighted by atomic mass is 15.3. The summed E-state index contributed by atoms with van der Waals surface area (Å²) in [6.07, 6.45) is 14.1. The molecule has 0 bridgehead atoms. The van der Waals surface area contributed by atoms with Gasteiger partial charge in [-0.2, -0.15) is 0 Å². The molecule has 2 aromatic heterocycles. The summed E-state index contributed by atoms with van der Waals surface area (Å²) in [6, 6.07) is 2.66. The fraction of sp³-hybridized carbons (Fsp3) is 0.600. The molecule has 1 aliphatic carbocycles. The molecule has 0 aromatic carbocycles. The summed E-state index contributed by atoms with van der Waals surface area (Å²) in [7, 11) is 0. The highest BCUT2D eigenvalue weighted by Gasteiger charge is 2.31.